The van der Waals surface area contributed by atoms with E-state index in [-0.39, 0.29) is 56.7 Å². The summed E-state index contributed by atoms with van der Waals surface area (Å²) in [7, 11) is 0. The van der Waals surface area contributed by atoms with Crippen molar-refractivity contribution < 1.29 is 32.3 Å². The molecule has 2 atom stereocenters. The van der Waals surface area contributed by atoms with E-state index >= 15 is 0 Å². The van der Waals surface area contributed by atoms with Crippen LogP contribution in [0.5, 0.6) is 0 Å². The van der Waals surface area contributed by atoms with Crippen LogP contribution in [0.1, 0.15) is 6.92 Å². The lowest BCUT2D eigenvalue weighted by Crippen LogP contribution is -2.38. The van der Waals surface area contributed by atoms with Crippen LogP contribution in [0.15, 0.2) is 12.1 Å². The average molecular weight is 444 g/mol. The fourth-order valence-corrected chi connectivity index (χ4v) is 3.27. The van der Waals surface area contributed by atoms with Crippen LogP contribution in [0.4, 0.5) is 29.3 Å². The Bertz CT molecular complexity index is 848. The van der Waals surface area contributed by atoms with Gasteiger partial charge in [0.05, 0.1) is 31.9 Å². The molecule has 2 aliphatic rings. The second-order valence-corrected chi connectivity index (χ2v) is 7.04. The number of guanidine groups is 1. The van der Waals surface area contributed by atoms with Crippen molar-refractivity contribution in [3.05, 3.63) is 23.8 Å². The fraction of sp³-hybridized carbons (Fsp3) is 0.500. The predicted octanol–water partition coefficient (Wildman–Crippen LogP) is 0.711. The molecule has 1 unspecified atom stereocenters. The van der Waals surface area contributed by atoms with E-state index in [0.29, 0.717) is 0 Å². The van der Waals surface area contributed by atoms with Crippen molar-refractivity contribution in [3.8, 4) is 0 Å². The number of amides is 2. The van der Waals surface area contributed by atoms with Crippen molar-refractivity contribution in [1.29, 1.82) is 5.41 Å². The van der Waals surface area contributed by atoms with Crippen LogP contribution in [0.25, 0.3) is 0 Å². The standard InChI is InChI=1S/C18H23F3N6O4/c1-10(19)16(28)24-8-12-9-26(18(29)31-12)11-6-13(20)15(14(21)7-11)25-2-3-27(17(22)23)30-5-4-25/h6-7,10,12H,2-5,8-9H2,1H3,(H3,22,23)(H,24,28)/t10?,12-/m0/s1. The van der Waals surface area contributed by atoms with Crippen LogP contribution >= 0.6 is 0 Å². The van der Waals surface area contributed by atoms with E-state index < -0.39 is 35.9 Å². The molecular weight excluding hydrogens is 421 g/mol. The molecule has 170 valence electrons. The highest BCUT2D eigenvalue weighted by Gasteiger charge is 2.34. The predicted molar refractivity (Wildman–Crippen MR) is 104 cm³/mol. The molecule has 0 aromatic heterocycles. The first-order valence-corrected chi connectivity index (χ1v) is 9.55. The molecule has 2 aliphatic heterocycles. The van der Waals surface area contributed by atoms with Gasteiger partial charge in [0.1, 0.15) is 11.8 Å². The van der Waals surface area contributed by atoms with Gasteiger partial charge in [0.2, 0.25) is 5.96 Å². The number of carbonyl (C=O) groups excluding carboxylic acids is 2. The number of alkyl halides is 1. The summed E-state index contributed by atoms with van der Waals surface area (Å²) in [6.45, 7) is 1.42. The Balaban J connectivity index is 1.71. The minimum absolute atomic E-state index is 0.0483. The van der Waals surface area contributed by atoms with Crippen molar-refractivity contribution in [3.63, 3.8) is 0 Å². The van der Waals surface area contributed by atoms with Gasteiger partial charge in [-0.25, -0.2) is 23.0 Å². The maximum Gasteiger partial charge on any atom is 0.414 e. The lowest BCUT2D eigenvalue weighted by Gasteiger charge is -2.24. The van der Waals surface area contributed by atoms with Crippen LogP contribution in [-0.4, -0.2) is 74.6 Å². The lowest BCUT2D eigenvalue weighted by molar-refractivity contribution is -0.125. The highest BCUT2D eigenvalue weighted by atomic mass is 19.1. The van der Waals surface area contributed by atoms with Gasteiger partial charge in [0.25, 0.3) is 5.91 Å². The molecule has 0 bridgehead atoms. The quantitative estimate of drug-likeness (QED) is 0.451. The summed E-state index contributed by atoms with van der Waals surface area (Å²) in [6.07, 6.45) is -3.34. The zero-order valence-corrected chi connectivity index (χ0v) is 16.7. The number of rotatable bonds is 5. The molecule has 31 heavy (non-hydrogen) atoms. The molecule has 0 radical (unpaired) electrons. The van der Waals surface area contributed by atoms with Crippen molar-refractivity contribution in [2.45, 2.75) is 19.2 Å². The Morgan fingerprint density at radius 1 is 1.32 bits per heavy atom. The Morgan fingerprint density at radius 3 is 2.61 bits per heavy atom. The molecule has 2 heterocycles. The SMILES string of the molecule is CC(F)C(=O)NC[C@H]1CN(c2cc(F)c(N3CCON(C(=N)N)CC3)c(F)c2)C(=O)O1. The number of halogens is 3. The van der Waals surface area contributed by atoms with Crippen molar-refractivity contribution in [2.24, 2.45) is 5.73 Å². The average Bonchev–Trinajstić information content (AvgIpc) is 2.90. The normalized spacial score (nSPS) is 20.3. The Labute approximate surface area is 176 Å². The molecule has 2 fully saturated rings. The van der Waals surface area contributed by atoms with Crippen molar-refractivity contribution in [1.82, 2.24) is 10.4 Å². The molecular formula is C18H23F3N6O4. The molecule has 4 N–H and O–H groups in total. The summed E-state index contributed by atoms with van der Waals surface area (Å²) in [4.78, 5) is 31.2. The molecule has 0 aliphatic carbocycles. The van der Waals surface area contributed by atoms with Gasteiger partial charge in [-0.2, -0.15) is 0 Å². The van der Waals surface area contributed by atoms with Gasteiger partial charge >= 0.3 is 6.09 Å². The first-order chi connectivity index (χ1) is 14.7. The zero-order valence-electron chi connectivity index (χ0n) is 16.7. The van der Waals surface area contributed by atoms with E-state index in [1.165, 1.54) is 4.90 Å². The molecule has 2 amide bonds. The number of benzene rings is 1. The highest BCUT2D eigenvalue weighted by molar-refractivity contribution is 5.90. The number of nitrogens with zero attached hydrogens (tertiary/aromatic N) is 3. The van der Waals surface area contributed by atoms with Crippen LogP contribution in [0, 0.1) is 17.0 Å². The maximum absolute atomic E-state index is 14.8. The largest absolute Gasteiger partial charge is 0.442 e. The first-order valence-electron chi connectivity index (χ1n) is 9.55. The van der Waals surface area contributed by atoms with E-state index in [1.54, 1.807) is 0 Å². The zero-order chi connectivity index (χ0) is 22.7. The number of hydrogen-bond donors (Lipinski definition) is 3. The number of nitrogens with two attached hydrogens (primary N) is 1. The molecule has 0 saturated carbocycles. The van der Waals surface area contributed by atoms with Crippen molar-refractivity contribution in [2.75, 3.05) is 49.1 Å². The topological polar surface area (TPSA) is 124 Å². The summed E-state index contributed by atoms with van der Waals surface area (Å²) in [6, 6.07) is 2.03. The Morgan fingerprint density at radius 2 is 2.00 bits per heavy atom. The fourth-order valence-electron chi connectivity index (χ4n) is 3.27. The van der Waals surface area contributed by atoms with Crippen LogP contribution in [0.2, 0.25) is 0 Å². The second kappa shape index (κ2) is 9.29. The lowest BCUT2D eigenvalue weighted by atomic mass is 10.2. The number of anilines is 2. The second-order valence-electron chi connectivity index (χ2n) is 7.04. The molecule has 2 saturated heterocycles. The van der Waals surface area contributed by atoms with Gasteiger partial charge in [0.15, 0.2) is 17.8 Å². The van der Waals surface area contributed by atoms with E-state index in [4.69, 9.17) is 20.7 Å². The molecule has 3 rings (SSSR count). The number of nitrogens with one attached hydrogen (secondary N) is 2. The van der Waals surface area contributed by atoms with Gasteiger partial charge in [-0.05, 0) is 6.92 Å². The van der Waals surface area contributed by atoms with Crippen LogP contribution in [0.3, 0.4) is 0 Å². The third kappa shape index (κ3) is 5.10. The van der Waals surface area contributed by atoms with E-state index in [0.717, 1.165) is 29.0 Å². The summed E-state index contributed by atoms with van der Waals surface area (Å²) in [5.74, 6) is -2.93. The third-order valence-corrected chi connectivity index (χ3v) is 4.82. The summed E-state index contributed by atoms with van der Waals surface area (Å²) in [5, 5.41) is 10.8. The molecule has 1 aromatic rings. The molecule has 1 aromatic carbocycles. The maximum atomic E-state index is 14.8. The first kappa shape index (κ1) is 22.5. The Kier molecular flexibility index (Phi) is 6.73. The summed E-state index contributed by atoms with van der Waals surface area (Å²) >= 11 is 0. The van der Waals surface area contributed by atoms with E-state index in [2.05, 4.69) is 5.32 Å². The minimum atomic E-state index is -1.71. The number of ether oxygens (including phenoxy) is 1. The van der Waals surface area contributed by atoms with E-state index in [1.807, 2.05) is 0 Å². The van der Waals surface area contributed by atoms with Gasteiger partial charge in [-0.3, -0.25) is 19.9 Å². The number of carbonyl (C=O) groups is 2. The van der Waals surface area contributed by atoms with Gasteiger partial charge in [-0.15, -0.1) is 0 Å². The minimum Gasteiger partial charge on any atom is -0.442 e. The van der Waals surface area contributed by atoms with Crippen LogP contribution in [-0.2, 0) is 14.4 Å². The van der Waals surface area contributed by atoms with Gasteiger partial charge < -0.3 is 20.7 Å². The number of cyclic esters (lactones) is 1. The van der Waals surface area contributed by atoms with Gasteiger partial charge in [0, 0.05) is 25.2 Å². The van der Waals surface area contributed by atoms with Gasteiger partial charge in [-0.1, -0.05) is 0 Å². The molecule has 10 nitrogen and oxygen atoms in total. The van der Waals surface area contributed by atoms with E-state index in [9.17, 15) is 22.8 Å². The highest BCUT2D eigenvalue weighted by Crippen LogP contribution is 2.31. The summed E-state index contributed by atoms with van der Waals surface area (Å²) < 4.78 is 47.6. The monoisotopic (exact) mass is 444 g/mol. The summed E-state index contributed by atoms with van der Waals surface area (Å²) in [5.41, 5.74) is 5.04. The molecule has 13 heteroatoms. The Hall–Kier alpha value is -3.22. The van der Waals surface area contributed by atoms with Crippen LogP contribution < -0.4 is 20.9 Å². The number of hydroxylamine groups is 2. The van der Waals surface area contributed by atoms with Crippen molar-refractivity contribution >= 4 is 29.3 Å². The molecule has 0 spiro atoms. The smallest absolute Gasteiger partial charge is 0.414 e. The third-order valence-electron chi connectivity index (χ3n) is 4.82. The number of hydrogen-bond acceptors (Lipinski definition) is 6.